The average molecular weight is 411 g/mol. The third-order valence-corrected chi connectivity index (χ3v) is 4.71. The largest absolute Gasteiger partial charge is 0.508 e. The van der Waals surface area contributed by atoms with E-state index in [2.05, 4.69) is 5.16 Å². The summed E-state index contributed by atoms with van der Waals surface area (Å²) >= 11 is 5.99. The highest BCUT2D eigenvalue weighted by Gasteiger charge is 2.12. The van der Waals surface area contributed by atoms with Crippen molar-refractivity contribution in [3.05, 3.63) is 92.5 Å². The number of oxime groups is 1. The van der Waals surface area contributed by atoms with Crippen LogP contribution in [0.3, 0.4) is 0 Å². The molecule has 0 unspecified atom stereocenters. The Hall–Kier alpha value is -3.38. The van der Waals surface area contributed by atoms with Crippen molar-refractivity contribution in [1.29, 1.82) is 0 Å². The van der Waals surface area contributed by atoms with Crippen LogP contribution in [0.2, 0.25) is 5.02 Å². The molecule has 3 aromatic carbocycles. The molecule has 3 aromatic rings. The van der Waals surface area contributed by atoms with Gasteiger partial charge in [0.25, 0.3) is 5.69 Å². The molecule has 0 aliphatic heterocycles. The Labute approximate surface area is 173 Å². The van der Waals surface area contributed by atoms with Gasteiger partial charge in [-0.15, -0.1) is 0 Å². The number of phenols is 1. The Morgan fingerprint density at radius 1 is 1.14 bits per heavy atom. The molecule has 7 heteroatoms. The number of aryl methyl sites for hydroxylation is 1. The molecule has 0 heterocycles. The van der Waals surface area contributed by atoms with Gasteiger partial charge in [-0.2, -0.15) is 0 Å². The third kappa shape index (κ3) is 4.92. The lowest BCUT2D eigenvalue weighted by Crippen LogP contribution is -2.01. The molecular weight excluding hydrogens is 392 g/mol. The van der Waals surface area contributed by atoms with E-state index in [1.807, 2.05) is 25.1 Å². The first kappa shape index (κ1) is 20.4. The second kappa shape index (κ2) is 8.75. The lowest BCUT2D eigenvalue weighted by atomic mass is 9.94. The zero-order chi connectivity index (χ0) is 21.0. The van der Waals surface area contributed by atoms with Crippen LogP contribution >= 0.6 is 11.6 Å². The SMILES string of the molecule is C/C(=N\OCc1ccc([N+](=O)[O-])cc1)c1cc(O)c(C)cc1-c1ccc(Cl)cc1. The van der Waals surface area contributed by atoms with Gasteiger partial charge in [-0.3, -0.25) is 10.1 Å². The fourth-order valence-corrected chi connectivity index (χ4v) is 2.96. The van der Waals surface area contributed by atoms with Gasteiger partial charge in [-0.05, 0) is 72.5 Å². The summed E-state index contributed by atoms with van der Waals surface area (Å²) in [5.74, 6) is 0.169. The molecule has 3 rings (SSSR count). The second-order valence-corrected chi connectivity index (χ2v) is 7.00. The lowest BCUT2D eigenvalue weighted by Gasteiger charge is -2.12. The number of aromatic hydroxyl groups is 1. The van der Waals surface area contributed by atoms with Crippen molar-refractivity contribution in [1.82, 2.24) is 0 Å². The predicted octanol–water partition coefficient (Wildman–Crippen LogP) is 5.87. The highest BCUT2D eigenvalue weighted by atomic mass is 35.5. The number of nitro benzene ring substituents is 1. The summed E-state index contributed by atoms with van der Waals surface area (Å²) in [6, 6.07) is 17.1. The molecule has 0 aliphatic rings. The first-order valence-corrected chi connectivity index (χ1v) is 9.23. The number of rotatable bonds is 6. The van der Waals surface area contributed by atoms with Crippen LogP contribution in [-0.2, 0) is 11.4 Å². The van der Waals surface area contributed by atoms with E-state index in [0.717, 1.165) is 27.8 Å². The molecule has 148 valence electrons. The van der Waals surface area contributed by atoms with Gasteiger partial charge < -0.3 is 9.94 Å². The Bertz CT molecular complexity index is 1060. The quantitative estimate of drug-likeness (QED) is 0.313. The summed E-state index contributed by atoms with van der Waals surface area (Å²) < 4.78 is 0. The van der Waals surface area contributed by atoms with E-state index in [0.29, 0.717) is 10.7 Å². The fraction of sp³-hybridized carbons (Fsp3) is 0.136. The van der Waals surface area contributed by atoms with E-state index >= 15 is 0 Å². The fourth-order valence-electron chi connectivity index (χ4n) is 2.83. The second-order valence-electron chi connectivity index (χ2n) is 6.56. The van der Waals surface area contributed by atoms with Gasteiger partial charge in [0.15, 0.2) is 0 Å². The van der Waals surface area contributed by atoms with Gasteiger partial charge in [0, 0.05) is 22.7 Å². The summed E-state index contributed by atoms with van der Waals surface area (Å²) in [6.45, 7) is 3.79. The number of halogens is 1. The molecule has 0 aliphatic carbocycles. The summed E-state index contributed by atoms with van der Waals surface area (Å²) in [5, 5.41) is 25.7. The van der Waals surface area contributed by atoms with E-state index in [1.54, 1.807) is 37.3 Å². The first-order chi connectivity index (χ1) is 13.8. The molecular formula is C22H19ClN2O4. The number of nitro groups is 1. The minimum Gasteiger partial charge on any atom is -0.508 e. The van der Waals surface area contributed by atoms with Crippen molar-refractivity contribution in [2.45, 2.75) is 20.5 Å². The molecule has 1 N–H and O–H groups in total. The van der Waals surface area contributed by atoms with Crippen LogP contribution in [0.5, 0.6) is 5.75 Å². The predicted molar refractivity (Wildman–Crippen MR) is 113 cm³/mol. The summed E-state index contributed by atoms with van der Waals surface area (Å²) in [4.78, 5) is 15.7. The van der Waals surface area contributed by atoms with Crippen molar-refractivity contribution in [3.8, 4) is 16.9 Å². The van der Waals surface area contributed by atoms with Gasteiger partial charge in [0.2, 0.25) is 0 Å². The molecule has 0 bridgehead atoms. The molecule has 29 heavy (non-hydrogen) atoms. The van der Waals surface area contributed by atoms with Gasteiger partial charge in [-0.25, -0.2) is 0 Å². The summed E-state index contributed by atoms with van der Waals surface area (Å²) in [7, 11) is 0. The van der Waals surface area contributed by atoms with E-state index in [4.69, 9.17) is 16.4 Å². The zero-order valence-corrected chi connectivity index (χ0v) is 16.7. The van der Waals surface area contributed by atoms with E-state index in [-0.39, 0.29) is 18.0 Å². The van der Waals surface area contributed by atoms with Gasteiger partial charge in [0.05, 0.1) is 10.6 Å². The van der Waals surface area contributed by atoms with Crippen LogP contribution in [0.15, 0.2) is 65.8 Å². The van der Waals surface area contributed by atoms with Crippen molar-refractivity contribution >= 4 is 23.0 Å². The molecule has 0 radical (unpaired) electrons. The number of nitrogens with zero attached hydrogens (tertiary/aromatic N) is 2. The van der Waals surface area contributed by atoms with Crippen LogP contribution in [0, 0.1) is 17.0 Å². The van der Waals surface area contributed by atoms with E-state index in [9.17, 15) is 15.2 Å². The van der Waals surface area contributed by atoms with Crippen LogP contribution in [0.1, 0.15) is 23.6 Å². The highest BCUT2D eigenvalue weighted by molar-refractivity contribution is 6.30. The lowest BCUT2D eigenvalue weighted by molar-refractivity contribution is -0.384. The Kier molecular flexibility index (Phi) is 6.14. The van der Waals surface area contributed by atoms with Crippen LogP contribution < -0.4 is 0 Å². The number of benzene rings is 3. The maximum Gasteiger partial charge on any atom is 0.269 e. The van der Waals surface area contributed by atoms with Crippen LogP contribution in [-0.4, -0.2) is 15.7 Å². The van der Waals surface area contributed by atoms with Crippen molar-refractivity contribution in [2.75, 3.05) is 0 Å². The maximum atomic E-state index is 10.7. The van der Waals surface area contributed by atoms with E-state index in [1.165, 1.54) is 12.1 Å². The minimum atomic E-state index is -0.449. The van der Waals surface area contributed by atoms with Crippen LogP contribution in [0.25, 0.3) is 11.1 Å². The maximum absolute atomic E-state index is 10.7. The Balaban J connectivity index is 1.83. The average Bonchev–Trinajstić information content (AvgIpc) is 2.70. The molecule has 0 amide bonds. The minimum absolute atomic E-state index is 0.0242. The van der Waals surface area contributed by atoms with Gasteiger partial charge >= 0.3 is 0 Å². The highest BCUT2D eigenvalue weighted by Crippen LogP contribution is 2.31. The standard InChI is InChI=1S/C22H19ClN2O4/c1-14-11-21(17-5-7-18(23)8-6-17)20(12-22(14)26)15(2)24-29-13-16-3-9-19(10-4-16)25(27)28/h3-12,26H,13H2,1-2H3/b24-15+. The molecule has 0 saturated heterocycles. The molecule has 0 fully saturated rings. The number of hydrogen-bond acceptors (Lipinski definition) is 5. The monoisotopic (exact) mass is 410 g/mol. The van der Waals surface area contributed by atoms with E-state index < -0.39 is 4.92 Å². The molecule has 0 spiro atoms. The zero-order valence-electron chi connectivity index (χ0n) is 15.9. The van der Waals surface area contributed by atoms with Crippen molar-refractivity contribution in [2.24, 2.45) is 5.16 Å². The summed E-state index contributed by atoms with van der Waals surface area (Å²) in [5.41, 5.74) is 4.70. The van der Waals surface area contributed by atoms with Gasteiger partial charge in [-0.1, -0.05) is 28.9 Å². The normalized spacial score (nSPS) is 11.3. The molecule has 0 atom stereocenters. The Morgan fingerprint density at radius 3 is 2.41 bits per heavy atom. The Morgan fingerprint density at radius 2 is 1.79 bits per heavy atom. The topological polar surface area (TPSA) is 85.0 Å². The number of non-ortho nitro benzene ring substituents is 1. The first-order valence-electron chi connectivity index (χ1n) is 8.85. The van der Waals surface area contributed by atoms with Crippen molar-refractivity contribution < 1.29 is 14.9 Å². The van der Waals surface area contributed by atoms with Gasteiger partial charge in [0.1, 0.15) is 12.4 Å². The third-order valence-electron chi connectivity index (χ3n) is 4.46. The number of hydrogen-bond donors (Lipinski definition) is 1. The smallest absolute Gasteiger partial charge is 0.269 e. The van der Waals surface area contributed by atoms with Crippen LogP contribution in [0.4, 0.5) is 5.69 Å². The molecule has 6 nitrogen and oxygen atoms in total. The molecule has 0 saturated carbocycles. The van der Waals surface area contributed by atoms with Crippen molar-refractivity contribution in [3.63, 3.8) is 0 Å². The molecule has 0 aromatic heterocycles. The number of phenolic OH excluding ortho intramolecular Hbond substituents is 1. The summed E-state index contributed by atoms with van der Waals surface area (Å²) in [6.07, 6.45) is 0.